The maximum Gasteiger partial charge on any atom is 0.364 e. The minimum atomic E-state index is -1.59. The summed E-state index contributed by atoms with van der Waals surface area (Å²) in [5.74, 6) is -5.51. The number of aromatic nitrogens is 3. The molecule has 0 bridgehead atoms. The predicted octanol–water partition coefficient (Wildman–Crippen LogP) is 6.31. The highest BCUT2D eigenvalue weighted by atomic mass is 16.7. The molecule has 0 saturated carbocycles. The lowest BCUT2D eigenvalue weighted by Gasteiger charge is -2.47. The van der Waals surface area contributed by atoms with Crippen molar-refractivity contribution in [1.82, 2.24) is 15.0 Å². The third-order valence-electron chi connectivity index (χ3n) is 14.2. The number of amides is 2. The van der Waals surface area contributed by atoms with E-state index in [0.717, 1.165) is 18.0 Å². The molecule has 2 fully saturated rings. The van der Waals surface area contributed by atoms with Gasteiger partial charge in [-0.25, -0.2) is 19.2 Å². The highest BCUT2D eigenvalue weighted by molar-refractivity contribution is 6.12. The van der Waals surface area contributed by atoms with Crippen molar-refractivity contribution in [2.75, 3.05) is 24.9 Å². The Morgan fingerprint density at radius 2 is 1.24 bits per heavy atom. The maximum absolute atomic E-state index is 13.7. The average Bonchev–Trinajstić information content (AvgIpc) is 4.22. The minimum absolute atomic E-state index is 0.00657. The molecular weight excluding hydrogens is 1050 g/mol. The Hall–Kier alpha value is -8.62. The molecule has 25 nitrogen and oxygen atoms in total. The van der Waals surface area contributed by atoms with Crippen LogP contribution >= 0.6 is 0 Å². The molecule has 7 aromatic rings. The Balaban J connectivity index is 0.894. The molecule has 7 atom stereocenters. The number of fused-ring (bicyclic) bond motifs is 2. The first kappa shape index (κ1) is 56.1. The normalized spacial score (nSPS) is 21.5. The van der Waals surface area contributed by atoms with Gasteiger partial charge >= 0.3 is 23.2 Å². The van der Waals surface area contributed by atoms with Crippen LogP contribution in [0.2, 0.25) is 0 Å². The van der Waals surface area contributed by atoms with Crippen LogP contribution in [0.15, 0.2) is 67.1 Å². The Labute approximate surface area is 454 Å². The van der Waals surface area contributed by atoms with Crippen LogP contribution in [-0.4, -0.2) is 128 Å². The molecule has 2 aliphatic heterocycles. The Kier molecular flexibility index (Phi) is 14.9. The van der Waals surface area contributed by atoms with E-state index in [-0.39, 0.29) is 79.2 Å². The summed E-state index contributed by atoms with van der Waals surface area (Å²) in [5.41, 5.74) is -4.76. The van der Waals surface area contributed by atoms with E-state index >= 15 is 0 Å². The fourth-order valence-corrected chi connectivity index (χ4v) is 10.2. The van der Waals surface area contributed by atoms with Gasteiger partial charge in [0.25, 0.3) is 11.8 Å². The van der Waals surface area contributed by atoms with E-state index in [9.17, 15) is 49.2 Å². The number of aliphatic hydroxyl groups is 1. The van der Waals surface area contributed by atoms with Gasteiger partial charge < -0.3 is 92.7 Å². The number of methoxy groups -OCH3 is 2. The maximum atomic E-state index is 13.7. The summed E-state index contributed by atoms with van der Waals surface area (Å²) in [6.07, 6.45) is -6.92. The number of phenolic OH excluding ortho intramolecular Hbond substituents is 1. The first-order chi connectivity index (χ1) is 37.7. The van der Waals surface area contributed by atoms with Crippen molar-refractivity contribution in [1.29, 1.82) is 0 Å². The number of anilines is 2. The van der Waals surface area contributed by atoms with Crippen LogP contribution in [0.25, 0.3) is 21.9 Å². The standard InChI is InChI=1S/C55H59N5O20/c1-21-12-15-29(57-21)49(67)73-33-19-34(79-54(6,7)45(33)71-10)75-43-25(5)42-27(18-31(43)61)39(63)37(52(70)77-42)59-47(65)28-20-56-35(23(28)3)48(66)60-36-38(62)26-14-17-32(24(4)41(26)76-51(36)69)74-53-40(64)44(46(72-11)55(8,9)80-53)78-50(68)30-16-13-22(2)58-30/h12-18,20,33-34,40,44-46,53,56-58,61-64H,19H2,1-11H3,(H,59,65)(H,60,66). The first-order valence-electron chi connectivity index (χ1n) is 25.0. The van der Waals surface area contributed by atoms with Gasteiger partial charge in [-0.1, -0.05) is 0 Å². The van der Waals surface area contributed by atoms with E-state index in [4.69, 9.17) is 46.7 Å². The quantitative estimate of drug-likeness (QED) is 0.0425. The number of ether oxygens (including phenoxy) is 8. The van der Waals surface area contributed by atoms with Crippen LogP contribution in [0.3, 0.4) is 0 Å². The van der Waals surface area contributed by atoms with E-state index in [0.29, 0.717) is 5.69 Å². The molecule has 80 heavy (non-hydrogen) atoms. The molecule has 9 rings (SSSR count). The van der Waals surface area contributed by atoms with Crippen LogP contribution < -0.4 is 31.4 Å². The Morgan fingerprint density at radius 1 is 0.675 bits per heavy atom. The summed E-state index contributed by atoms with van der Waals surface area (Å²) in [6.45, 7) is 14.6. The molecule has 9 N–H and O–H groups in total. The fraction of sp³-hybridized carbons (Fsp3) is 0.382. The second-order valence-electron chi connectivity index (χ2n) is 20.6. The zero-order valence-corrected chi connectivity index (χ0v) is 45.2. The van der Waals surface area contributed by atoms with Gasteiger partial charge in [-0.3, -0.25) is 9.59 Å². The van der Waals surface area contributed by atoms with Gasteiger partial charge in [0.15, 0.2) is 46.6 Å². The van der Waals surface area contributed by atoms with E-state index < -0.39 is 118 Å². The minimum Gasteiger partial charge on any atom is -0.505 e. The second-order valence-corrected chi connectivity index (χ2v) is 20.6. The number of hydrogen-bond donors (Lipinski definition) is 9. The zero-order chi connectivity index (χ0) is 58.0. The summed E-state index contributed by atoms with van der Waals surface area (Å²) >= 11 is 0. The van der Waals surface area contributed by atoms with Gasteiger partial charge in [-0.2, -0.15) is 0 Å². The number of phenols is 1. The number of nitrogens with one attached hydrogen (secondary N) is 5. The highest BCUT2D eigenvalue weighted by Crippen LogP contribution is 2.44. The molecule has 0 radical (unpaired) electrons. The van der Waals surface area contributed by atoms with Crippen LogP contribution in [-0.2, 0) is 28.4 Å². The lowest BCUT2D eigenvalue weighted by Crippen LogP contribution is -2.65. The first-order valence-corrected chi connectivity index (χ1v) is 25.0. The summed E-state index contributed by atoms with van der Waals surface area (Å²) in [5, 5.41) is 50.0. The number of carbonyl (C=O) groups excluding carboxylic acids is 4. The number of esters is 2. The number of carbonyl (C=O) groups is 4. The van der Waals surface area contributed by atoms with Gasteiger partial charge in [0, 0.05) is 49.4 Å². The number of benzene rings is 2. The highest BCUT2D eigenvalue weighted by Gasteiger charge is 2.54. The Morgan fingerprint density at radius 3 is 1.82 bits per heavy atom. The average molecular weight is 1110 g/mol. The van der Waals surface area contributed by atoms with E-state index in [1.807, 2.05) is 0 Å². The van der Waals surface area contributed by atoms with E-state index in [1.54, 1.807) is 59.7 Å². The number of aromatic amines is 3. The van der Waals surface area contributed by atoms with Crippen molar-refractivity contribution in [2.45, 2.75) is 123 Å². The number of aliphatic hydroxyl groups excluding tert-OH is 1. The van der Waals surface area contributed by atoms with Crippen LogP contribution in [0.5, 0.6) is 28.7 Å². The molecule has 0 aliphatic carbocycles. The lowest BCUT2D eigenvalue weighted by molar-refractivity contribution is -0.305. The van der Waals surface area contributed by atoms with Crippen LogP contribution in [0.4, 0.5) is 11.4 Å². The smallest absolute Gasteiger partial charge is 0.364 e. The molecule has 7 unspecified atom stereocenters. The molecule has 2 aliphatic rings. The van der Waals surface area contributed by atoms with E-state index in [2.05, 4.69) is 25.6 Å². The molecule has 2 saturated heterocycles. The van der Waals surface area contributed by atoms with Gasteiger partial charge in [0.2, 0.25) is 12.6 Å². The monoisotopic (exact) mass is 1110 g/mol. The lowest BCUT2D eigenvalue weighted by atomic mass is 9.89. The van der Waals surface area contributed by atoms with Gasteiger partial charge in [-0.15, -0.1) is 0 Å². The Bertz CT molecular complexity index is 3730. The van der Waals surface area contributed by atoms with Crippen molar-refractivity contribution in [3.8, 4) is 28.7 Å². The van der Waals surface area contributed by atoms with Crippen molar-refractivity contribution in [3.63, 3.8) is 0 Å². The largest absolute Gasteiger partial charge is 0.505 e. The summed E-state index contributed by atoms with van der Waals surface area (Å²) in [4.78, 5) is 89.1. The number of aromatic hydroxyl groups is 3. The SMILES string of the molecule is COC1C(OC(=O)c2ccc(C)[nH]2)CC(Oc2c(O)cc3c(O)c(NC(=O)c4c[nH]c(C(=O)Nc5c(O)c6ccc(OC7OC(C)(C)C(OC)C(OC(=O)c8ccc(C)[nH]8)C7O)c(C)c6oc5=O)c4C)c(=O)oc3c2C)OC1(C)C. The fourth-order valence-electron chi connectivity index (χ4n) is 10.2. The third kappa shape index (κ3) is 10.3. The van der Waals surface area contributed by atoms with Crippen molar-refractivity contribution < 1.29 is 86.3 Å². The molecule has 2 amide bonds. The number of rotatable bonds is 14. The summed E-state index contributed by atoms with van der Waals surface area (Å²) < 4.78 is 58.6. The predicted molar refractivity (Wildman–Crippen MR) is 282 cm³/mol. The summed E-state index contributed by atoms with van der Waals surface area (Å²) in [7, 11) is 2.83. The molecule has 5 aromatic heterocycles. The number of hydrogen-bond acceptors (Lipinski definition) is 20. The molecule has 7 heterocycles. The van der Waals surface area contributed by atoms with Crippen LogP contribution in [0.1, 0.15) is 104 Å². The summed E-state index contributed by atoms with van der Waals surface area (Å²) in [6, 6.07) is 10.3. The molecule has 2 aromatic carbocycles. The second kappa shape index (κ2) is 21.2. The molecule has 25 heteroatoms. The van der Waals surface area contributed by atoms with Crippen molar-refractivity contribution in [3.05, 3.63) is 120 Å². The topological polar surface area (TPSA) is 355 Å². The van der Waals surface area contributed by atoms with Crippen molar-refractivity contribution in [2.24, 2.45) is 0 Å². The van der Waals surface area contributed by atoms with Crippen LogP contribution in [0, 0.1) is 34.6 Å². The molecule has 424 valence electrons. The molecular formula is C55H59N5O20. The van der Waals surface area contributed by atoms with Gasteiger partial charge in [0.1, 0.15) is 52.3 Å². The molecule has 0 spiro atoms. The van der Waals surface area contributed by atoms with E-state index in [1.165, 1.54) is 53.2 Å². The van der Waals surface area contributed by atoms with Gasteiger partial charge in [0.05, 0.1) is 27.5 Å². The zero-order valence-electron chi connectivity index (χ0n) is 45.2. The third-order valence-corrected chi connectivity index (χ3v) is 14.2. The number of aryl methyl sites for hydroxylation is 4. The number of H-pyrrole nitrogens is 3. The van der Waals surface area contributed by atoms with Crippen molar-refractivity contribution >= 4 is 57.1 Å². The van der Waals surface area contributed by atoms with Gasteiger partial charge in [-0.05, 0) is 110 Å².